The van der Waals surface area contributed by atoms with Gasteiger partial charge < -0.3 is 9.30 Å². The SMILES string of the molecule is COc1ccc(-n2cccc2/C=C2\C(=N)N3N=C(c4ccccc4F)SC3=NC2=O)cc1Cl. The fraction of sp³-hybridized carbons (Fsp3) is 0.0435. The van der Waals surface area contributed by atoms with Crippen molar-refractivity contribution in [3.8, 4) is 11.4 Å². The van der Waals surface area contributed by atoms with Gasteiger partial charge in [-0.15, -0.1) is 0 Å². The molecular weight excluding hydrogens is 465 g/mol. The van der Waals surface area contributed by atoms with E-state index in [4.69, 9.17) is 21.7 Å². The van der Waals surface area contributed by atoms with Crippen molar-refractivity contribution in [3.05, 3.63) is 88.5 Å². The summed E-state index contributed by atoms with van der Waals surface area (Å²) in [5.74, 6) is -0.587. The van der Waals surface area contributed by atoms with Gasteiger partial charge in [0.05, 0.1) is 17.7 Å². The largest absolute Gasteiger partial charge is 0.495 e. The third-order valence-electron chi connectivity index (χ3n) is 5.04. The van der Waals surface area contributed by atoms with Gasteiger partial charge in [-0.25, -0.2) is 4.39 Å². The molecule has 0 radical (unpaired) electrons. The number of amides is 1. The second-order valence-electron chi connectivity index (χ2n) is 7.03. The van der Waals surface area contributed by atoms with Crippen molar-refractivity contribution in [3.63, 3.8) is 0 Å². The highest BCUT2D eigenvalue weighted by Crippen LogP contribution is 2.32. The number of thioether (sulfide) groups is 1. The average molecular weight is 480 g/mol. The number of rotatable bonds is 4. The number of aromatic nitrogens is 1. The van der Waals surface area contributed by atoms with Crippen LogP contribution in [0.25, 0.3) is 11.8 Å². The minimum atomic E-state index is -0.566. The Balaban J connectivity index is 1.50. The highest BCUT2D eigenvalue weighted by molar-refractivity contribution is 8.27. The summed E-state index contributed by atoms with van der Waals surface area (Å²) in [7, 11) is 1.54. The summed E-state index contributed by atoms with van der Waals surface area (Å²) in [6.07, 6.45) is 3.39. The van der Waals surface area contributed by atoms with E-state index < -0.39 is 11.7 Å². The molecule has 5 rings (SSSR count). The van der Waals surface area contributed by atoms with Crippen molar-refractivity contribution >= 4 is 51.4 Å². The van der Waals surface area contributed by atoms with Gasteiger partial charge in [0, 0.05) is 23.1 Å². The molecule has 0 saturated carbocycles. The van der Waals surface area contributed by atoms with Crippen LogP contribution in [-0.4, -0.2) is 38.6 Å². The monoisotopic (exact) mass is 479 g/mol. The molecule has 0 atom stereocenters. The Hall–Kier alpha value is -3.69. The fourth-order valence-corrected chi connectivity index (χ4v) is 4.61. The van der Waals surface area contributed by atoms with Crippen molar-refractivity contribution < 1.29 is 13.9 Å². The summed E-state index contributed by atoms with van der Waals surface area (Å²) >= 11 is 7.31. The van der Waals surface area contributed by atoms with Crippen LogP contribution in [0.2, 0.25) is 5.02 Å². The van der Waals surface area contributed by atoms with Crippen molar-refractivity contribution in [1.82, 2.24) is 9.58 Å². The molecule has 2 aliphatic rings. The Morgan fingerprint density at radius 1 is 1.18 bits per heavy atom. The quantitative estimate of drug-likeness (QED) is 0.537. The Morgan fingerprint density at radius 3 is 2.76 bits per heavy atom. The molecule has 2 aromatic carbocycles. The molecule has 0 saturated heterocycles. The van der Waals surface area contributed by atoms with Crippen LogP contribution in [-0.2, 0) is 4.79 Å². The van der Waals surface area contributed by atoms with E-state index in [1.807, 2.05) is 22.9 Å². The maximum Gasteiger partial charge on any atom is 0.283 e. The Kier molecular flexibility index (Phi) is 5.35. The van der Waals surface area contributed by atoms with E-state index in [2.05, 4.69) is 10.1 Å². The summed E-state index contributed by atoms with van der Waals surface area (Å²) in [5, 5.41) is 15.2. The first-order valence-electron chi connectivity index (χ1n) is 9.72. The van der Waals surface area contributed by atoms with Gasteiger partial charge in [0.2, 0.25) is 5.17 Å². The molecule has 1 N–H and O–H groups in total. The van der Waals surface area contributed by atoms with Crippen LogP contribution >= 0.6 is 23.4 Å². The average Bonchev–Trinajstić information content (AvgIpc) is 3.44. The van der Waals surface area contributed by atoms with Gasteiger partial charge in [-0.2, -0.15) is 15.1 Å². The number of carbonyl (C=O) groups is 1. The lowest BCUT2D eigenvalue weighted by Crippen LogP contribution is -2.35. The van der Waals surface area contributed by atoms with E-state index in [1.54, 1.807) is 42.5 Å². The summed E-state index contributed by atoms with van der Waals surface area (Å²) < 4.78 is 21.2. The first kappa shape index (κ1) is 21.2. The topological polar surface area (TPSA) is 83.0 Å². The molecule has 1 amide bonds. The standard InChI is InChI=1S/C23H15ClFN5O2S/c1-32-19-9-8-14(12-17(19)24)29-10-4-5-13(29)11-16-20(26)30-23(27-21(16)31)33-22(28-30)15-6-2-3-7-18(15)25/h2-12,26H,1H3/b16-11+,26-20?. The fourth-order valence-electron chi connectivity index (χ4n) is 3.44. The van der Waals surface area contributed by atoms with Crippen LogP contribution in [0, 0.1) is 11.2 Å². The van der Waals surface area contributed by atoms with Gasteiger partial charge >= 0.3 is 0 Å². The third kappa shape index (κ3) is 3.75. The number of hydrazone groups is 1. The Bertz CT molecular complexity index is 1410. The number of halogens is 2. The number of carbonyl (C=O) groups excluding carboxylic acids is 1. The lowest BCUT2D eigenvalue weighted by molar-refractivity contribution is -0.114. The van der Waals surface area contributed by atoms with E-state index in [1.165, 1.54) is 18.2 Å². The first-order chi connectivity index (χ1) is 16.0. The number of ether oxygens (including phenoxy) is 1. The van der Waals surface area contributed by atoms with Crippen molar-refractivity contribution in [2.75, 3.05) is 7.11 Å². The Morgan fingerprint density at radius 2 is 2.00 bits per heavy atom. The summed E-state index contributed by atoms with van der Waals surface area (Å²) in [6, 6.07) is 15.2. The Labute approximate surface area is 197 Å². The molecule has 10 heteroatoms. The molecule has 0 aliphatic carbocycles. The molecule has 33 heavy (non-hydrogen) atoms. The van der Waals surface area contributed by atoms with Crippen molar-refractivity contribution in [2.45, 2.75) is 0 Å². The zero-order valence-corrected chi connectivity index (χ0v) is 18.7. The van der Waals surface area contributed by atoms with Crippen LogP contribution in [0.4, 0.5) is 4.39 Å². The third-order valence-corrected chi connectivity index (χ3v) is 6.28. The summed E-state index contributed by atoms with van der Waals surface area (Å²) in [6.45, 7) is 0. The smallest absolute Gasteiger partial charge is 0.283 e. The van der Waals surface area contributed by atoms with Crippen molar-refractivity contribution in [2.24, 2.45) is 10.1 Å². The van der Waals surface area contributed by atoms with E-state index >= 15 is 0 Å². The molecule has 2 aliphatic heterocycles. The predicted molar refractivity (Wildman–Crippen MR) is 128 cm³/mol. The molecule has 3 aromatic rings. The maximum absolute atomic E-state index is 14.2. The number of aliphatic imine (C=N–C) groups is 1. The molecule has 3 heterocycles. The normalized spacial score (nSPS) is 16.7. The van der Waals surface area contributed by atoms with Crippen LogP contribution in [0.5, 0.6) is 5.75 Å². The van der Waals surface area contributed by atoms with E-state index in [0.717, 1.165) is 17.4 Å². The predicted octanol–water partition coefficient (Wildman–Crippen LogP) is 4.95. The highest BCUT2D eigenvalue weighted by atomic mass is 35.5. The second kappa shape index (κ2) is 8.34. The van der Waals surface area contributed by atoms with Crippen molar-refractivity contribution in [1.29, 1.82) is 5.41 Å². The molecular formula is C23H15ClFN5O2S. The molecule has 7 nitrogen and oxygen atoms in total. The van der Waals surface area contributed by atoms with E-state index in [9.17, 15) is 9.18 Å². The zero-order valence-electron chi connectivity index (χ0n) is 17.1. The minimum absolute atomic E-state index is 0.0671. The first-order valence-corrected chi connectivity index (χ1v) is 10.9. The van der Waals surface area contributed by atoms with Gasteiger partial charge in [0.25, 0.3) is 5.91 Å². The lowest BCUT2D eigenvalue weighted by Gasteiger charge is -2.20. The molecule has 1 aromatic heterocycles. The highest BCUT2D eigenvalue weighted by Gasteiger charge is 2.36. The number of amidine groups is 2. The summed E-state index contributed by atoms with van der Waals surface area (Å²) in [4.78, 5) is 16.8. The van der Waals surface area contributed by atoms with Gasteiger partial charge in [-0.3, -0.25) is 10.2 Å². The van der Waals surface area contributed by atoms with Crippen LogP contribution in [0.3, 0.4) is 0 Å². The number of methoxy groups -OCH3 is 1. The second-order valence-corrected chi connectivity index (χ2v) is 8.39. The van der Waals surface area contributed by atoms with E-state index in [0.29, 0.717) is 21.5 Å². The number of nitrogens with one attached hydrogen (secondary N) is 1. The number of fused-ring (bicyclic) bond motifs is 1. The lowest BCUT2D eigenvalue weighted by atomic mass is 10.1. The van der Waals surface area contributed by atoms with Crippen LogP contribution in [0.15, 0.2) is 76.5 Å². The van der Waals surface area contributed by atoms with Gasteiger partial charge in [-0.05, 0) is 60.3 Å². The summed E-state index contributed by atoms with van der Waals surface area (Å²) in [5.41, 5.74) is 1.76. The van der Waals surface area contributed by atoms with Gasteiger partial charge in [0.15, 0.2) is 5.84 Å². The molecule has 0 fully saturated rings. The minimum Gasteiger partial charge on any atom is -0.495 e. The molecule has 164 valence electrons. The number of hydrogen-bond donors (Lipinski definition) is 1. The van der Waals surface area contributed by atoms with Crippen LogP contribution < -0.4 is 4.74 Å². The zero-order chi connectivity index (χ0) is 23.1. The maximum atomic E-state index is 14.2. The molecule has 0 spiro atoms. The van der Waals surface area contributed by atoms with Gasteiger partial charge in [-0.1, -0.05) is 23.7 Å². The number of nitrogens with zero attached hydrogens (tertiary/aromatic N) is 4. The molecule has 0 unspecified atom stereocenters. The number of hydrogen-bond acceptors (Lipinski definition) is 5. The number of benzene rings is 2. The van der Waals surface area contributed by atoms with E-state index in [-0.39, 0.29) is 22.1 Å². The van der Waals surface area contributed by atoms with Gasteiger partial charge in [0.1, 0.15) is 16.6 Å². The molecule has 0 bridgehead atoms. The van der Waals surface area contributed by atoms with Crippen LogP contribution in [0.1, 0.15) is 11.3 Å².